The highest BCUT2D eigenvalue weighted by atomic mass is 16.5. The fourth-order valence-corrected chi connectivity index (χ4v) is 2.49. The average Bonchev–Trinajstić information content (AvgIpc) is 2.77. The maximum absolute atomic E-state index is 12.1. The van der Waals surface area contributed by atoms with E-state index in [1.165, 1.54) is 0 Å². The zero-order chi connectivity index (χ0) is 20.5. The Morgan fingerprint density at radius 1 is 0.862 bits per heavy atom. The molecule has 0 bridgehead atoms. The average molecular weight is 394 g/mol. The molecule has 3 rings (SSSR count). The Bertz CT molecular complexity index is 930. The number of carbonyl (C=O) groups is 1. The molecule has 0 fully saturated rings. The molecule has 2 aromatic carbocycles. The van der Waals surface area contributed by atoms with E-state index in [-0.39, 0.29) is 12.5 Å². The van der Waals surface area contributed by atoms with Crippen molar-refractivity contribution in [1.29, 1.82) is 0 Å². The first kappa shape index (κ1) is 19.9. The quantitative estimate of drug-likeness (QED) is 0.576. The highest BCUT2D eigenvalue weighted by molar-refractivity contribution is 5.90. The van der Waals surface area contributed by atoms with Crippen LogP contribution in [0, 0.1) is 0 Å². The number of hydrogen-bond acceptors (Lipinski definition) is 7. The Morgan fingerprint density at radius 3 is 2.21 bits per heavy atom. The first-order valence-corrected chi connectivity index (χ1v) is 8.94. The largest absolute Gasteiger partial charge is 0.497 e. The lowest BCUT2D eigenvalue weighted by Gasteiger charge is -2.10. The maximum atomic E-state index is 12.1. The van der Waals surface area contributed by atoms with Crippen molar-refractivity contribution in [2.45, 2.75) is 6.54 Å². The molecule has 2 N–H and O–H groups in total. The van der Waals surface area contributed by atoms with Crippen molar-refractivity contribution < 1.29 is 19.0 Å². The summed E-state index contributed by atoms with van der Waals surface area (Å²) in [6.45, 7) is 0.427. The Kier molecular flexibility index (Phi) is 6.83. The van der Waals surface area contributed by atoms with Gasteiger partial charge >= 0.3 is 0 Å². The molecule has 1 aromatic heterocycles. The second kappa shape index (κ2) is 9.93. The number of benzene rings is 2. The van der Waals surface area contributed by atoms with Gasteiger partial charge in [0.15, 0.2) is 23.9 Å². The third-order valence-electron chi connectivity index (χ3n) is 3.99. The van der Waals surface area contributed by atoms with Gasteiger partial charge in [-0.15, -0.1) is 10.2 Å². The number of aromatic nitrogens is 2. The Labute approximate surface area is 168 Å². The van der Waals surface area contributed by atoms with E-state index >= 15 is 0 Å². The van der Waals surface area contributed by atoms with Gasteiger partial charge in [-0.25, -0.2) is 0 Å². The van der Waals surface area contributed by atoms with Gasteiger partial charge in [0.25, 0.3) is 5.91 Å². The van der Waals surface area contributed by atoms with Gasteiger partial charge in [-0.3, -0.25) is 4.79 Å². The molecule has 150 valence electrons. The minimum atomic E-state index is -0.343. The molecule has 3 aromatic rings. The molecule has 0 aliphatic heterocycles. The summed E-state index contributed by atoms with van der Waals surface area (Å²) in [5, 5.41) is 13.9. The van der Waals surface area contributed by atoms with Gasteiger partial charge in [-0.2, -0.15) is 0 Å². The highest BCUT2D eigenvalue weighted by Gasteiger charge is 2.08. The van der Waals surface area contributed by atoms with Crippen molar-refractivity contribution >= 4 is 17.5 Å². The predicted molar refractivity (Wildman–Crippen MR) is 109 cm³/mol. The number of nitrogens with one attached hydrogen (secondary N) is 2. The smallest absolute Gasteiger partial charge is 0.263 e. The van der Waals surface area contributed by atoms with Crippen LogP contribution in [-0.4, -0.2) is 36.9 Å². The number of nitrogens with zero attached hydrogens (tertiary/aromatic N) is 2. The summed E-state index contributed by atoms with van der Waals surface area (Å²) in [6.07, 6.45) is 0. The zero-order valence-electron chi connectivity index (χ0n) is 16.2. The Balaban J connectivity index is 1.47. The van der Waals surface area contributed by atoms with Crippen LogP contribution in [0.2, 0.25) is 0 Å². The van der Waals surface area contributed by atoms with E-state index in [1.807, 2.05) is 30.3 Å². The minimum Gasteiger partial charge on any atom is -0.497 e. The van der Waals surface area contributed by atoms with Gasteiger partial charge in [0.1, 0.15) is 11.6 Å². The first-order valence-electron chi connectivity index (χ1n) is 8.94. The lowest BCUT2D eigenvalue weighted by atomic mass is 10.2. The number of rotatable bonds is 9. The van der Waals surface area contributed by atoms with Gasteiger partial charge in [0.2, 0.25) is 0 Å². The van der Waals surface area contributed by atoms with Crippen molar-refractivity contribution in [1.82, 2.24) is 10.2 Å². The van der Waals surface area contributed by atoms with Crippen molar-refractivity contribution in [2.24, 2.45) is 0 Å². The number of amides is 1. The molecule has 1 amide bonds. The highest BCUT2D eigenvalue weighted by Crippen LogP contribution is 2.25. The lowest BCUT2D eigenvalue weighted by molar-refractivity contribution is -0.118. The fourth-order valence-electron chi connectivity index (χ4n) is 2.49. The topological polar surface area (TPSA) is 94.6 Å². The van der Waals surface area contributed by atoms with Gasteiger partial charge in [-0.05, 0) is 42.0 Å². The lowest BCUT2D eigenvalue weighted by Crippen LogP contribution is -2.21. The van der Waals surface area contributed by atoms with Crippen molar-refractivity contribution in [3.05, 3.63) is 66.2 Å². The summed E-state index contributed by atoms with van der Waals surface area (Å²) in [5.74, 6) is 2.46. The van der Waals surface area contributed by atoms with Gasteiger partial charge in [0, 0.05) is 6.54 Å². The molecule has 0 radical (unpaired) electrons. The van der Waals surface area contributed by atoms with Crippen LogP contribution in [0.3, 0.4) is 0 Å². The summed E-state index contributed by atoms with van der Waals surface area (Å²) in [6, 6.07) is 18.3. The molecule has 0 aliphatic carbocycles. The molecule has 29 heavy (non-hydrogen) atoms. The van der Waals surface area contributed by atoms with Crippen LogP contribution in [-0.2, 0) is 11.3 Å². The Morgan fingerprint density at radius 2 is 1.55 bits per heavy atom. The first-order chi connectivity index (χ1) is 14.2. The van der Waals surface area contributed by atoms with E-state index in [9.17, 15) is 4.79 Å². The standard InChI is InChI=1S/C21H22N4O4/c1-27-16-9-7-15(8-10-16)13-22-19-11-12-20(25-24-19)23-21(26)14-29-18-6-4-3-5-17(18)28-2/h3-12H,13-14H2,1-2H3,(H,22,24)(H,23,25,26). The number of hydrogen-bond donors (Lipinski definition) is 2. The van der Waals surface area contributed by atoms with Gasteiger partial charge in [-0.1, -0.05) is 24.3 Å². The second-order valence-corrected chi connectivity index (χ2v) is 5.99. The number of carbonyl (C=O) groups excluding carboxylic acids is 1. The molecule has 0 saturated carbocycles. The number of para-hydroxylation sites is 2. The molecular weight excluding hydrogens is 372 g/mol. The normalized spacial score (nSPS) is 10.1. The predicted octanol–water partition coefficient (Wildman–Crippen LogP) is 3.12. The summed E-state index contributed by atoms with van der Waals surface area (Å²) >= 11 is 0. The molecular formula is C21H22N4O4. The molecule has 0 aliphatic rings. The van der Waals surface area contributed by atoms with E-state index in [1.54, 1.807) is 44.6 Å². The van der Waals surface area contributed by atoms with Crippen LogP contribution < -0.4 is 24.8 Å². The molecule has 1 heterocycles. The second-order valence-electron chi connectivity index (χ2n) is 5.99. The molecule has 0 saturated heterocycles. The zero-order valence-corrected chi connectivity index (χ0v) is 16.2. The fraction of sp³-hybridized carbons (Fsp3) is 0.190. The van der Waals surface area contributed by atoms with Gasteiger partial charge < -0.3 is 24.8 Å². The van der Waals surface area contributed by atoms with Crippen LogP contribution in [0.5, 0.6) is 17.2 Å². The van der Waals surface area contributed by atoms with E-state index in [4.69, 9.17) is 14.2 Å². The van der Waals surface area contributed by atoms with Crippen molar-refractivity contribution in [2.75, 3.05) is 31.5 Å². The summed E-state index contributed by atoms with van der Waals surface area (Å²) in [5.41, 5.74) is 1.08. The molecule has 8 nitrogen and oxygen atoms in total. The monoisotopic (exact) mass is 394 g/mol. The molecule has 0 spiro atoms. The maximum Gasteiger partial charge on any atom is 0.263 e. The number of ether oxygens (including phenoxy) is 3. The van der Waals surface area contributed by atoms with E-state index in [0.29, 0.717) is 29.7 Å². The van der Waals surface area contributed by atoms with Crippen LogP contribution in [0.25, 0.3) is 0 Å². The van der Waals surface area contributed by atoms with Crippen molar-refractivity contribution in [3.63, 3.8) is 0 Å². The van der Waals surface area contributed by atoms with Gasteiger partial charge in [0.05, 0.1) is 14.2 Å². The number of methoxy groups -OCH3 is 2. The summed E-state index contributed by atoms with van der Waals surface area (Å²) in [4.78, 5) is 12.1. The van der Waals surface area contributed by atoms with E-state index < -0.39 is 0 Å². The summed E-state index contributed by atoms with van der Waals surface area (Å²) in [7, 11) is 3.18. The minimum absolute atomic E-state index is 0.167. The third-order valence-corrected chi connectivity index (χ3v) is 3.99. The van der Waals surface area contributed by atoms with E-state index in [0.717, 1.165) is 11.3 Å². The van der Waals surface area contributed by atoms with Crippen LogP contribution in [0.1, 0.15) is 5.56 Å². The Hall–Kier alpha value is -3.81. The van der Waals surface area contributed by atoms with Crippen LogP contribution >= 0.6 is 0 Å². The summed E-state index contributed by atoms with van der Waals surface area (Å²) < 4.78 is 15.8. The van der Waals surface area contributed by atoms with E-state index in [2.05, 4.69) is 20.8 Å². The van der Waals surface area contributed by atoms with Crippen molar-refractivity contribution in [3.8, 4) is 17.2 Å². The number of anilines is 2. The third kappa shape index (κ3) is 5.83. The molecule has 0 atom stereocenters. The van der Waals surface area contributed by atoms with Crippen LogP contribution in [0.15, 0.2) is 60.7 Å². The molecule has 0 unspecified atom stereocenters. The SMILES string of the molecule is COc1ccc(CNc2ccc(NC(=O)COc3ccccc3OC)nn2)cc1. The van der Waals surface area contributed by atoms with Crippen LogP contribution in [0.4, 0.5) is 11.6 Å². The molecule has 8 heteroatoms.